The van der Waals surface area contributed by atoms with Crippen LogP contribution in [-0.4, -0.2) is 78.3 Å². The molecule has 0 unspecified atom stereocenters. The van der Waals surface area contributed by atoms with Crippen molar-refractivity contribution in [3.63, 3.8) is 0 Å². The second kappa shape index (κ2) is 12.1. The highest BCUT2D eigenvalue weighted by Gasteiger charge is 2.37. The first-order chi connectivity index (χ1) is 20.4. The molecule has 3 aromatic rings. The monoisotopic (exact) mass is 576 g/mol. The van der Waals surface area contributed by atoms with Crippen molar-refractivity contribution in [2.24, 2.45) is 5.92 Å². The highest BCUT2D eigenvalue weighted by atomic mass is 16.5. The van der Waals surface area contributed by atoms with E-state index in [-0.39, 0.29) is 36.7 Å². The fourth-order valence-corrected chi connectivity index (χ4v) is 4.83. The van der Waals surface area contributed by atoms with Gasteiger partial charge in [-0.05, 0) is 48.6 Å². The first-order valence-corrected chi connectivity index (χ1v) is 13.9. The van der Waals surface area contributed by atoms with E-state index >= 15 is 0 Å². The van der Waals surface area contributed by atoms with Gasteiger partial charge in [0.15, 0.2) is 6.61 Å². The minimum atomic E-state index is -0.438. The van der Waals surface area contributed by atoms with Gasteiger partial charge in [0.1, 0.15) is 23.4 Å². The van der Waals surface area contributed by atoms with Crippen LogP contribution < -0.4 is 30.2 Å². The minimum absolute atomic E-state index is 0.0457. The van der Waals surface area contributed by atoms with E-state index in [1.165, 1.54) is 7.05 Å². The number of hydrogen-bond acceptors (Lipinski definition) is 10. The number of carbonyl (C=O) groups is 3. The van der Waals surface area contributed by atoms with E-state index in [9.17, 15) is 14.4 Å². The Morgan fingerprint density at radius 3 is 2.74 bits per heavy atom. The van der Waals surface area contributed by atoms with Crippen molar-refractivity contribution in [1.29, 1.82) is 0 Å². The normalized spacial score (nSPS) is 20.9. The zero-order chi connectivity index (χ0) is 29.1. The molecule has 1 saturated carbocycles. The zero-order valence-electron chi connectivity index (χ0n) is 23.1. The number of aromatic nitrogens is 2. The Kier molecular flexibility index (Phi) is 7.91. The maximum absolute atomic E-state index is 13.6. The summed E-state index contributed by atoms with van der Waals surface area (Å²) in [5, 5.41) is 12.2. The van der Waals surface area contributed by atoms with Crippen molar-refractivity contribution in [3.8, 4) is 17.2 Å². The van der Waals surface area contributed by atoms with E-state index in [0.717, 1.165) is 18.4 Å². The van der Waals surface area contributed by atoms with Gasteiger partial charge in [0.05, 0.1) is 19.2 Å². The number of benzene rings is 2. The smallest absolute Gasteiger partial charge is 0.292 e. The molecule has 7 rings (SSSR count). The van der Waals surface area contributed by atoms with E-state index < -0.39 is 18.1 Å². The second-order valence-electron chi connectivity index (χ2n) is 10.7. The van der Waals surface area contributed by atoms with E-state index in [4.69, 9.17) is 18.7 Å². The molecule has 4 heterocycles. The van der Waals surface area contributed by atoms with E-state index in [0.29, 0.717) is 55.0 Å². The molecule has 13 heteroatoms. The lowest BCUT2D eigenvalue weighted by Gasteiger charge is -2.22. The van der Waals surface area contributed by atoms with Gasteiger partial charge in [0.2, 0.25) is 5.89 Å². The molecule has 3 aliphatic heterocycles. The zero-order valence-corrected chi connectivity index (χ0v) is 23.1. The summed E-state index contributed by atoms with van der Waals surface area (Å²) in [4.78, 5) is 44.0. The van der Waals surface area contributed by atoms with Gasteiger partial charge in [-0.15, -0.1) is 0 Å². The molecule has 3 amide bonds. The van der Waals surface area contributed by atoms with Crippen LogP contribution in [0.5, 0.6) is 17.2 Å². The Hall–Kier alpha value is -4.65. The molecule has 42 heavy (non-hydrogen) atoms. The molecular weight excluding hydrogens is 544 g/mol. The van der Waals surface area contributed by atoms with Gasteiger partial charge in [-0.25, -0.2) is 0 Å². The Balaban J connectivity index is 1.25. The number of carbonyl (C=O) groups excluding carboxylic acids is 3. The molecule has 0 spiro atoms. The van der Waals surface area contributed by atoms with E-state index in [1.54, 1.807) is 18.2 Å². The van der Waals surface area contributed by atoms with Crippen molar-refractivity contribution in [1.82, 2.24) is 31.0 Å². The molecule has 2 aromatic carbocycles. The fraction of sp³-hybridized carbons (Fsp3) is 0.414. The Morgan fingerprint density at radius 2 is 1.95 bits per heavy atom. The summed E-state index contributed by atoms with van der Waals surface area (Å²) in [6.45, 7) is 1.86. The largest absolute Gasteiger partial charge is 0.493 e. The van der Waals surface area contributed by atoms with Gasteiger partial charge in [0.25, 0.3) is 23.5 Å². The third kappa shape index (κ3) is 6.79. The van der Waals surface area contributed by atoms with E-state index in [1.807, 2.05) is 29.2 Å². The lowest BCUT2D eigenvalue weighted by Crippen LogP contribution is -2.45. The standard InChI is InChI=1S/C29H32N6O7/c1-30-29(38)27-33-26(42-34-27)14-35-12-23-24(13-35)41-20-6-4-17(5-7-20)11-31-25(36)16-40-22-9-19(28(37)32-23)8-21(10-22)39-15-18-2-3-18/h4-10,18,23-24H,2-3,11-16H2,1H3,(H,30,38)(H,31,36)(H,32,37)/t23-,24-/m0/s1. The van der Waals surface area contributed by atoms with Gasteiger partial charge in [0, 0.05) is 38.3 Å². The topological polar surface area (TPSA) is 157 Å². The third-order valence-electron chi connectivity index (χ3n) is 7.31. The Bertz CT molecular complexity index is 1450. The van der Waals surface area contributed by atoms with Gasteiger partial charge >= 0.3 is 0 Å². The van der Waals surface area contributed by atoms with Gasteiger partial charge in [-0.3, -0.25) is 19.3 Å². The molecule has 4 aliphatic rings. The van der Waals surface area contributed by atoms with Crippen LogP contribution in [0.2, 0.25) is 0 Å². The summed E-state index contributed by atoms with van der Waals surface area (Å²) in [5.41, 5.74) is 1.25. The first-order valence-electron chi connectivity index (χ1n) is 13.9. The molecule has 1 aliphatic carbocycles. The van der Waals surface area contributed by atoms with Crippen molar-refractivity contribution in [2.45, 2.75) is 38.1 Å². The van der Waals surface area contributed by atoms with Crippen LogP contribution in [0.3, 0.4) is 0 Å². The fourth-order valence-electron chi connectivity index (χ4n) is 4.83. The molecule has 4 bridgehead atoms. The quantitative estimate of drug-likeness (QED) is 0.391. The SMILES string of the molecule is CNC(=O)c1noc(CN2C[C@@H]3NC(=O)c4cc(cc(OCC5CC5)c4)OCC(=O)NCc4ccc(cc4)O[C@H]3C2)n1. The number of fused-ring (bicyclic) bond motifs is 7. The molecule has 13 nitrogen and oxygen atoms in total. The summed E-state index contributed by atoms with van der Waals surface area (Å²) in [6.07, 6.45) is 1.85. The third-order valence-corrected chi connectivity index (χ3v) is 7.31. The molecule has 1 saturated heterocycles. The van der Waals surface area contributed by atoms with Crippen LogP contribution in [0.15, 0.2) is 47.0 Å². The van der Waals surface area contributed by atoms with Crippen molar-refractivity contribution >= 4 is 17.7 Å². The molecule has 0 radical (unpaired) electrons. The number of ether oxygens (including phenoxy) is 3. The van der Waals surface area contributed by atoms with Crippen LogP contribution in [0.25, 0.3) is 0 Å². The summed E-state index contributed by atoms with van der Waals surface area (Å²) in [5.74, 6) is 1.19. The first kappa shape index (κ1) is 27.5. The number of likely N-dealkylation sites (tertiary alicyclic amines) is 1. The highest BCUT2D eigenvalue weighted by Crippen LogP contribution is 2.31. The minimum Gasteiger partial charge on any atom is -0.493 e. The van der Waals surface area contributed by atoms with Crippen LogP contribution >= 0.6 is 0 Å². The molecule has 220 valence electrons. The predicted molar refractivity (Wildman–Crippen MR) is 147 cm³/mol. The molecule has 2 fully saturated rings. The van der Waals surface area contributed by atoms with E-state index in [2.05, 4.69) is 26.1 Å². The van der Waals surface area contributed by atoms with Gasteiger partial charge in [-0.2, -0.15) is 4.98 Å². The maximum Gasteiger partial charge on any atom is 0.292 e. The Morgan fingerprint density at radius 1 is 1.12 bits per heavy atom. The number of amides is 3. The van der Waals surface area contributed by atoms with Gasteiger partial charge < -0.3 is 34.7 Å². The molecule has 3 N–H and O–H groups in total. The number of rotatable bonds is 6. The number of nitrogens with one attached hydrogen (secondary N) is 3. The number of nitrogens with zero attached hydrogens (tertiary/aromatic N) is 3. The van der Waals surface area contributed by atoms with Crippen molar-refractivity contribution < 1.29 is 33.1 Å². The van der Waals surface area contributed by atoms with Crippen LogP contribution in [0.4, 0.5) is 0 Å². The molecule has 1 aromatic heterocycles. The molecular formula is C29H32N6O7. The average molecular weight is 577 g/mol. The second-order valence-corrected chi connectivity index (χ2v) is 10.7. The summed E-state index contributed by atoms with van der Waals surface area (Å²) in [7, 11) is 1.49. The van der Waals surface area contributed by atoms with Crippen LogP contribution in [-0.2, 0) is 17.9 Å². The summed E-state index contributed by atoms with van der Waals surface area (Å²) >= 11 is 0. The summed E-state index contributed by atoms with van der Waals surface area (Å²) in [6, 6.07) is 12.0. The lowest BCUT2D eigenvalue weighted by molar-refractivity contribution is -0.123. The highest BCUT2D eigenvalue weighted by molar-refractivity contribution is 5.95. The van der Waals surface area contributed by atoms with Gasteiger partial charge in [-0.1, -0.05) is 17.3 Å². The van der Waals surface area contributed by atoms with Crippen molar-refractivity contribution in [2.75, 3.05) is 33.4 Å². The predicted octanol–water partition coefficient (Wildman–Crippen LogP) is 1.29. The van der Waals surface area contributed by atoms with Crippen LogP contribution in [0.1, 0.15) is 45.3 Å². The summed E-state index contributed by atoms with van der Waals surface area (Å²) < 4.78 is 23.3. The molecule has 2 atom stereocenters. The lowest BCUT2D eigenvalue weighted by atomic mass is 10.1. The number of hydrogen-bond donors (Lipinski definition) is 3. The van der Waals surface area contributed by atoms with Crippen molar-refractivity contribution in [3.05, 3.63) is 65.3 Å². The Labute approximate surface area is 241 Å². The maximum atomic E-state index is 13.6. The van der Waals surface area contributed by atoms with Crippen LogP contribution in [0, 0.1) is 5.92 Å². The average Bonchev–Trinajstić information content (AvgIpc) is 3.60.